The van der Waals surface area contributed by atoms with E-state index in [9.17, 15) is 0 Å². The van der Waals surface area contributed by atoms with Crippen molar-refractivity contribution in [3.63, 3.8) is 0 Å². The van der Waals surface area contributed by atoms with Crippen LogP contribution in [0.1, 0.15) is 30.4 Å². The standard InChI is InChI=1S/C15H22N4O/c1-3-6-16-10-14-8-15(20-18-14)12-19(2)11-13-5-4-7-17-9-13/h4-5,7-9,16H,3,6,10-12H2,1-2H3. The van der Waals surface area contributed by atoms with E-state index in [0.717, 1.165) is 44.1 Å². The first kappa shape index (κ1) is 14.7. The summed E-state index contributed by atoms with van der Waals surface area (Å²) in [6, 6.07) is 6.04. The molecule has 2 aromatic rings. The first-order valence-corrected chi connectivity index (χ1v) is 7.00. The fourth-order valence-corrected chi connectivity index (χ4v) is 2.03. The minimum Gasteiger partial charge on any atom is -0.360 e. The largest absolute Gasteiger partial charge is 0.360 e. The Morgan fingerprint density at radius 1 is 1.35 bits per heavy atom. The van der Waals surface area contributed by atoms with E-state index in [1.54, 1.807) is 6.20 Å². The number of pyridine rings is 1. The molecule has 0 aliphatic rings. The highest BCUT2D eigenvalue weighted by atomic mass is 16.5. The molecule has 0 aromatic carbocycles. The third-order valence-corrected chi connectivity index (χ3v) is 2.94. The normalized spacial score (nSPS) is 11.2. The lowest BCUT2D eigenvalue weighted by Gasteiger charge is -2.14. The zero-order chi connectivity index (χ0) is 14.2. The molecule has 0 saturated carbocycles. The fraction of sp³-hybridized carbons (Fsp3) is 0.467. The number of aromatic nitrogens is 2. The topological polar surface area (TPSA) is 54.2 Å². The minimum atomic E-state index is 0.746. The lowest BCUT2D eigenvalue weighted by atomic mass is 10.2. The van der Waals surface area contributed by atoms with E-state index in [2.05, 4.69) is 40.4 Å². The van der Waals surface area contributed by atoms with E-state index in [-0.39, 0.29) is 0 Å². The van der Waals surface area contributed by atoms with Gasteiger partial charge in [-0.3, -0.25) is 9.88 Å². The molecule has 0 aliphatic heterocycles. The molecular formula is C15H22N4O. The molecule has 2 aromatic heterocycles. The van der Waals surface area contributed by atoms with Crippen LogP contribution in [0.3, 0.4) is 0 Å². The zero-order valence-corrected chi connectivity index (χ0v) is 12.2. The number of hydrogen-bond donors (Lipinski definition) is 1. The highest BCUT2D eigenvalue weighted by molar-refractivity contribution is 5.09. The van der Waals surface area contributed by atoms with Crippen molar-refractivity contribution in [1.29, 1.82) is 0 Å². The van der Waals surface area contributed by atoms with Crippen molar-refractivity contribution in [3.05, 3.63) is 47.6 Å². The molecule has 5 heteroatoms. The Kier molecular flexibility index (Phi) is 5.70. The van der Waals surface area contributed by atoms with E-state index < -0.39 is 0 Å². The number of nitrogens with zero attached hydrogens (tertiary/aromatic N) is 3. The lowest BCUT2D eigenvalue weighted by Crippen LogP contribution is -2.17. The van der Waals surface area contributed by atoms with Gasteiger partial charge in [0.05, 0.1) is 12.2 Å². The van der Waals surface area contributed by atoms with Gasteiger partial charge in [0, 0.05) is 31.5 Å². The molecule has 0 bridgehead atoms. The van der Waals surface area contributed by atoms with Crippen molar-refractivity contribution >= 4 is 0 Å². The SMILES string of the molecule is CCCNCc1cc(CN(C)Cc2cccnc2)on1. The van der Waals surface area contributed by atoms with E-state index in [0.29, 0.717) is 0 Å². The van der Waals surface area contributed by atoms with Gasteiger partial charge in [0.1, 0.15) is 0 Å². The van der Waals surface area contributed by atoms with Crippen LogP contribution >= 0.6 is 0 Å². The Bertz CT molecular complexity index is 498. The Balaban J connectivity index is 1.80. The Hall–Kier alpha value is -1.72. The second kappa shape index (κ2) is 7.77. The van der Waals surface area contributed by atoms with Crippen LogP contribution in [-0.2, 0) is 19.6 Å². The quantitative estimate of drug-likeness (QED) is 0.748. The molecule has 0 saturated heterocycles. The van der Waals surface area contributed by atoms with E-state index >= 15 is 0 Å². The van der Waals surface area contributed by atoms with E-state index in [4.69, 9.17) is 4.52 Å². The summed E-state index contributed by atoms with van der Waals surface area (Å²) in [4.78, 5) is 6.30. The average Bonchev–Trinajstić information content (AvgIpc) is 2.87. The number of rotatable bonds is 8. The van der Waals surface area contributed by atoms with Crippen LogP contribution in [0.5, 0.6) is 0 Å². The van der Waals surface area contributed by atoms with Gasteiger partial charge < -0.3 is 9.84 Å². The van der Waals surface area contributed by atoms with Crippen LogP contribution in [0.25, 0.3) is 0 Å². The molecule has 2 rings (SSSR count). The summed E-state index contributed by atoms with van der Waals surface area (Å²) in [5.41, 5.74) is 2.16. The number of nitrogens with one attached hydrogen (secondary N) is 1. The summed E-state index contributed by atoms with van der Waals surface area (Å²) in [5.74, 6) is 0.893. The van der Waals surface area contributed by atoms with Crippen LogP contribution in [0.15, 0.2) is 35.1 Å². The summed E-state index contributed by atoms with van der Waals surface area (Å²) in [6.45, 7) is 5.51. The highest BCUT2D eigenvalue weighted by Gasteiger charge is 2.07. The van der Waals surface area contributed by atoms with Gasteiger partial charge in [-0.25, -0.2) is 0 Å². The molecule has 0 unspecified atom stereocenters. The van der Waals surface area contributed by atoms with Crippen molar-refractivity contribution in [2.45, 2.75) is 33.0 Å². The maximum atomic E-state index is 5.36. The second-order valence-corrected chi connectivity index (χ2v) is 4.99. The van der Waals surface area contributed by atoms with E-state index in [1.165, 1.54) is 5.56 Å². The van der Waals surface area contributed by atoms with Gasteiger partial charge in [-0.2, -0.15) is 0 Å². The summed E-state index contributed by atoms with van der Waals surface area (Å²) in [7, 11) is 2.06. The Morgan fingerprint density at radius 2 is 2.25 bits per heavy atom. The minimum absolute atomic E-state index is 0.746. The molecule has 0 atom stereocenters. The smallest absolute Gasteiger partial charge is 0.151 e. The summed E-state index contributed by atoms with van der Waals surface area (Å²) >= 11 is 0. The third kappa shape index (κ3) is 4.75. The Labute approximate surface area is 120 Å². The molecule has 2 heterocycles. The molecule has 0 aliphatic carbocycles. The van der Waals surface area contributed by atoms with Crippen molar-refractivity contribution < 1.29 is 4.52 Å². The van der Waals surface area contributed by atoms with Crippen LogP contribution in [0, 0.1) is 0 Å². The molecule has 0 spiro atoms. The lowest BCUT2D eigenvalue weighted by molar-refractivity contribution is 0.265. The summed E-state index contributed by atoms with van der Waals surface area (Å²) < 4.78 is 5.36. The monoisotopic (exact) mass is 274 g/mol. The van der Waals surface area contributed by atoms with Gasteiger partial charge in [0.15, 0.2) is 5.76 Å². The maximum absolute atomic E-state index is 5.36. The first-order chi connectivity index (χ1) is 9.78. The predicted octanol–water partition coefficient (Wildman–Crippen LogP) is 2.20. The van der Waals surface area contributed by atoms with Gasteiger partial charge in [-0.15, -0.1) is 0 Å². The van der Waals surface area contributed by atoms with Crippen molar-refractivity contribution in [2.75, 3.05) is 13.6 Å². The molecule has 0 amide bonds. The van der Waals surface area contributed by atoms with Gasteiger partial charge in [0.2, 0.25) is 0 Å². The Morgan fingerprint density at radius 3 is 3.00 bits per heavy atom. The van der Waals surface area contributed by atoms with Crippen LogP contribution in [0.2, 0.25) is 0 Å². The van der Waals surface area contributed by atoms with Crippen LogP contribution in [-0.4, -0.2) is 28.6 Å². The second-order valence-electron chi connectivity index (χ2n) is 4.99. The number of hydrogen-bond acceptors (Lipinski definition) is 5. The molecule has 20 heavy (non-hydrogen) atoms. The molecular weight excluding hydrogens is 252 g/mol. The molecule has 108 valence electrons. The molecule has 0 fully saturated rings. The summed E-state index contributed by atoms with van der Waals surface area (Å²) in [6.07, 6.45) is 4.80. The van der Waals surface area contributed by atoms with Crippen LogP contribution < -0.4 is 5.32 Å². The molecule has 0 radical (unpaired) electrons. The van der Waals surface area contributed by atoms with E-state index in [1.807, 2.05) is 18.3 Å². The van der Waals surface area contributed by atoms with Crippen molar-refractivity contribution in [1.82, 2.24) is 20.4 Å². The third-order valence-electron chi connectivity index (χ3n) is 2.94. The molecule has 5 nitrogen and oxygen atoms in total. The highest BCUT2D eigenvalue weighted by Crippen LogP contribution is 2.09. The van der Waals surface area contributed by atoms with Crippen LogP contribution in [0.4, 0.5) is 0 Å². The van der Waals surface area contributed by atoms with Gasteiger partial charge >= 0.3 is 0 Å². The average molecular weight is 274 g/mol. The van der Waals surface area contributed by atoms with Gasteiger partial charge in [-0.1, -0.05) is 18.1 Å². The fourth-order valence-electron chi connectivity index (χ4n) is 2.03. The zero-order valence-electron chi connectivity index (χ0n) is 12.2. The van der Waals surface area contributed by atoms with Crippen molar-refractivity contribution in [3.8, 4) is 0 Å². The van der Waals surface area contributed by atoms with Crippen molar-refractivity contribution in [2.24, 2.45) is 0 Å². The molecule has 1 N–H and O–H groups in total. The predicted molar refractivity (Wildman–Crippen MR) is 77.9 cm³/mol. The summed E-state index contributed by atoms with van der Waals surface area (Å²) in [5, 5.41) is 7.39. The van der Waals surface area contributed by atoms with Gasteiger partial charge in [-0.05, 0) is 31.6 Å². The maximum Gasteiger partial charge on any atom is 0.151 e. The first-order valence-electron chi connectivity index (χ1n) is 7.00. The van der Waals surface area contributed by atoms with Gasteiger partial charge in [0.25, 0.3) is 0 Å².